The molecule has 0 aliphatic carbocycles. The molecule has 3 rings (SSSR count). The van der Waals surface area contributed by atoms with Crippen molar-refractivity contribution in [1.82, 2.24) is 0 Å². The van der Waals surface area contributed by atoms with E-state index in [4.69, 9.17) is 18.6 Å². The normalized spacial score (nSPS) is 8.87. The molecule has 2 aromatic carbocycles. The Morgan fingerprint density at radius 1 is 0.871 bits per heavy atom. The van der Waals surface area contributed by atoms with Crippen LogP contribution >= 0.6 is 0 Å². The Labute approximate surface area is 183 Å². The fraction of sp³-hybridized carbons (Fsp3) is 0.292. The van der Waals surface area contributed by atoms with Gasteiger partial charge in [0.05, 0.1) is 19.8 Å². The molecule has 1 heterocycles. The Morgan fingerprint density at radius 3 is 2.03 bits per heavy atom. The van der Waals surface area contributed by atoms with E-state index in [9.17, 15) is 14.4 Å². The first kappa shape index (κ1) is 29.6. The highest BCUT2D eigenvalue weighted by Gasteiger charge is 2.09. The Hall–Kier alpha value is -3.61. The van der Waals surface area contributed by atoms with Crippen LogP contribution in [0.1, 0.15) is 48.8 Å². The molecule has 0 N–H and O–H groups in total. The fourth-order valence-corrected chi connectivity index (χ4v) is 2.46. The lowest BCUT2D eigenvalue weighted by Crippen LogP contribution is -2.00. The zero-order chi connectivity index (χ0) is 20.5. The predicted molar refractivity (Wildman–Crippen MR) is 123 cm³/mol. The van der Waals surface area contributed by atoms with E-state index in [1.54, 1.807) is 37.4 Å². The van der Waals surface area contributed by atoms with Crippen LogP contribution < -0.4 is 14.2 Å². The van der Waals surface area contributed by atoms with Gasteiger partial charge < -0.3 is 18.6 Å². The number of methoxy groups -OCH3 is 2. The van der Waals surface area contributed by atoms with E-state index in [0.717, 1.165) is 23.0 Å². The molecule has 0 amide bonds. The third-order valence-electron chi connectivity index (χ3n) is 3.94. The Balaban J connectivity index is 0. The zero-order valence-corrected chi connectivity index (χ0v) is 15.8. The molecule has 31 heavy (non-hydrogen) atoms. The largest absolute Gasteiger partial charge is 0.497 e. The number of fused-ring (bicyclic) bond motifs is 1. The molecule has 170 valence electrons. The van der Waals surface area contributed by atoms with E-state index < -0.39 is 0 Å². The molecule has 7 nitrogen and oxygen atoms in total. The molecule has 7 heteroatoms. The SMILES string of the molecule is C.C.C.COc1ccc(OCC=O)c(C=O)c1.COc1ccc2oc(C=O)c(C)c2c1. The summed E-state index contributed by atoms with van der Waals surface area (Å²) in [5.74, 6) is 2.10. The van der Waals surface area contributed by atoms with Gasteiger partial charge in [0.15, 0.2) is 24.6 Å². The van der Waals surface area contributed by atoms with E-state index in [1.165, 1.54) is 7.11 Å². The third-order valence-corrected chi connectivity index (χ3v) is 3.94. The summed E-state index contributed by atoms with van der Waals surface area (Å²) in [5.41, 5.74) is 1.94. The van der Waals surface area contributed by atoms with Gasteiger partial charge >= 0.3 is 0 Å². The topological polar surface area (TPSA) is 92.0 Å². The van der Waals surface area contributed by atoms with Gasteiger partial charge in [-0.2, -0.15) is 0 Å². The molecule has 0 aliphatic heterocycles. The van der Waals surface area contributed by atoms with Gasteiger partial charge in [-0.25, -0.2) is 0 Å². The highest BCUT2D eigenvalue weighted by molar-refractivity contribution is 5.90. The van der Waals surface area contributed by atoms with Crippen molar-refractivity contribution in [2.24, 2.45) is 0 Å². The zero-order valence-electron chi connectivity index (χ0n) is 15.8. The summed E-state index contributed by atoms with van der Waals surface area (Å²) in [6, 6.07) is 10.3. The van der Waals surface area contributed by atoms with Gasteiger partial charge in [0.2, 0.25) is 0 Å². The van der Waals surface area contributed by atoms with E-state index in [0.29, 0.717) is 41.0 Å². The van der Waals surface area contributed by atoms with Crippen LogP contribution in [0.4, 0.5) is 0 Å². The molecule has 0 spiro atoms. The molecular weight excluding hydrogens is 400 g/mol. The maximum atomic E-state index is 10.6. The lowest BCUT2D eigenvalue weighted by atomic mass is 10.1. The van der Waals surface area contributed by atoms with Gasteiger partial charge in [0, 0.05) is 10.9 Å². The minimum atomic E-state index is -0.0623. The summed E-state index contributed by atoms with van der Waals surface area (Å²) in [7, 11) is 3.12. The molecule has 0 atom stereocenters. The van der Waals surface area contributed by atoms with Crippen molar-refractivity contribution in [1.29, 1.82) is 0 Å². The predicted octanol–water partition coefficient (Wildman–Crippen LogP) is 5.56. The molecule has 0 unspecified atom stereocenters. The van der Waals surface area contributed by atoms with Gasteiger partial charge in [-0.1, -0.05) is 22.3 Å². The molecule has 0 fully saturated rings. The molecule has 0 saturated carbocycles. The maximum Gasteiger partial charge on any atom is 0.185 e. The lowest BCUT2D eigenvalue weighted by molar-refractivity contribution is -0.109. The summed E-state index contributed by atoms with van der Waals surface area (Å²) >= 11 is 0. The van der Waals surface area contributed by atoms with E-state index in [2.05, 4.69) is 0 Å². The Bertz CT molecular complexity index is 973. The van der Waals surface area contributed by atoms with Gasteiger partial charge in [0.25, 0.3) is 0 Å². The molecule has 0 bridgehead atoms. The van der Waals surface area contributed by atoms with Gasteiger partial charge in [0.1, 0.15) is 29.4 Å². The van der Waals surface area contributed by atoms with Crippen molar-refractivity contribution in [3.63, 3.8) is 0 Å². The first-order chi connectivity index (χ1) is 13.6. The van der Waals surface area contributed by atoms with Crippen LogP contribution in [0.2, 0.25) is 0 Å². The number of aldehydes is 3. The molecule has 1 aromatic heterocycles. The number of rotatable bonds is 7. The lowest BCUT2D eigenvalue weighted by Gasteiger charge is -2.06. The van der Waals surface area contributed by atoms with Crippen molar-refractivity contribution in [2.75, 3.05) is 20.8 Å². The van der Waals surface area contributed by atoms with Gasteiger partial charge in [-0.3, -0.25) is 14.4 Å². The Kier molecular flexibility index (Phi) is 13.7. The number of ether oxygens (including phenoxy) is 3. The number of aryl methyl sites for hydroxylation is 1. The van der Waals surface area contributed by atoms with Crippen LogP contribution in [0, 0.1) is 6.92 Å². The van der Waals surface area contributed by atoms with Crippen LogP contribution in [-0.4, -0.2) is 39.7 Å². The van der Waals surface area contributed by atoms with Crippen molar-refractivity contribution in [3.05, 3.63) is 53.3 Å². The van der Waals surface area contributed by atoms with Crippen molar-refractivity contribution < 1.29 is 33.0 Å². The van der Waals surface area contributed by atoms with Crippen molar-refractivity contribution in [2.45, 2.75) is 29.2 Å². The average Bonchev–Trinajstić information content (AvgIpc) is 3.07. The average molecular weight is 433 g/mol. The smallest absolute Gasteiger partial charge is 0.185 e. The number of hydrogen-bond acceptors (Lipinski definition) is 7. The van der Waals surface area contributed by atoms with E-state index in [-0.39, 0.29) is 28.9 Å². The second kappa shape index (κ2) is 14.4. The third kappa shape index (κ3) is 7.29. The van der Waals surface area contributed by atoms with E-state index >= 15 is 0 Å². The molecule has 0 radical (unpaired) electrons. The summed E-state index contributed by atoms with van der Waals surface area (Å²) in [6.45, 7) is 1.79. The van der Waals surface area contributed by atoms with E-state index in [1.807, 2.05) is 13.0 Å². The van der Waals surface area contributed by atoms with Crippen LogP contribution in [-0.2, 0) is 4.79 Å². The van der Waals surface area contributed by atoms with Crippen LogP contribution in [0.15, 0.2) is 40.8 Å². The quantitative estimate of drug-likeness (QED) is 0.452. The van der Waals surface area contributed by atoms with Crippen LogP contribution in [0.5, 0.6) is 17.2 Å². The fourth-order valence-electron chi connectivity index (χ4n) is 2.46. The number of furan rings is 1. The molecular formula is C24H32O7. The first-order valence-corrected chi connectivity index (χ1v) is 8.29. The monoisotopic (exact) mass is 432 g/mol. The first-order valence-electron chi connectivity index (χ1n) is 8.29. The minimum absolute atomic E-state index is 0. The van der Waals surface area contributed by atoms with Crippen molar-refractivity contribution in [3.8, 4) is 17.2 Å². The number of carbonyl (C=O) groups is 3. The summed E-state index contributed by atoms with van der Waals surface area (Å²) in [5, 5.41) is 0.923. The number of benzene rings is 2. The molecule has 3 aromatic rings. The Morgan fingerprint density at radius 2 is 1.48 bits per heavy atom. The summed E-state index contributed by atoms with van der Waals surface area (Å²) < 4.78 is 20.4. The summed E-state index contributed by atoms with van der Waals surface area (Å²) in [6.07, 6.45) is 2.00. The second-order valence-electron chi connectivity index (χ2n) is 5.57. The highest BCUT2D eigenvalue weighted by Crippen LogP contribution is 2.27. The summed E-state index contributed by atoms with van der Waals surface area (Å²) in [4.78, 5) is 31.3. The maximum absolute atomic E-state index is 10.6. The van der Waals surface area contributed by atoms with Crippen molar-refractivity contribution >= 4 is 29.8 Å². The standard InChI is InChI=1S/C11H10O3.C10H10O4.3CH4/c1-7-9-5-8(13-2)3-4-10(9)14-11(7)6-12;1-13-9-2-3-10(14-5-4-11)8(6-9)7-12;;;/h3-6H,1-2H3;2-4,6-7H,5H2,1H3;3*1H4. The second-order valence-corrected chi connectivity index (χ2v) is 5.57. The molecule has 0 saturated heterocycles. The van der Waals surface area contributed by atoms with Gasteiger partial charge in [-0.15, -0.1) is 0 Å². The minimum Gasteiger partial charge on any atom is -0.497 e. The van der Waals surface area contributed by atoms with Crippen LogP contribution in [0.3, 0.4) is 0 Å². The highest BCUT2D eigenvalue weighted by atomic mass is 16.5. The molecule has 0 aliphatic rings. The van der Waals surface area contributed by atoms with Crippen LogP contribution in [0.25, 0.3) is 11.0 Å². The number of hydrogen-bond donors (Lipinski definition) is 0. The van der Waals surface area contributed by atoms with Gasteiger partial charge in [-0.05, 0) is 43.3 Å². The number of carbonyl (C=O) groups excluding carboxylic acids is 3.